The maximum atomic E-state index is 14.5. The Kier molecular flexibility index (Phi) is 8.84. The Morgan fingerprint density at radius 2 is 0.976 bits per heavy atom. The van der Waals surface area contributed by atoms with Crippen molar-refractivity contribution in [3.05, 3.63) is 125 Å². The Morgan fingerprint density at radius 1 is 0.643 bits per heavy atom. The van der Waals surface area contributed by atoms with Gasteiger partial charge >= 0.3 is 11.4 Å². The van der Waals surface area contributed by atoms with E-state index >= 15 is 0 Å². The summed E-state index contributed by atoms with van der Waals surface area (Å²) in [5.74, 6) is -6.55. The summed E-state index contributed by atoms with van der Waals surface area (Å²) in [5, 5.41) is 64.8. The summed E-state index contributed by atoms with van der Waals surface area (Å²) >= 11 is 12.0. The van der Waals surface area contributed by atoms with Gasteiger partial charge in [0.25, 0.3) is 0 Å². The van der Waals surface area contributed by atoms with E-state index in [9.17, 15) is 45.4 Å². The Hall–Kier alpha value is -4.87. The largest absolute Gasteiger partial charge is 0.504 e. The zero-order chi connectivity index (χ0) is 30.7. The fraction of sp³-hybridized carbons (Fsp3) is 0.138. The molecule has 4 N–H and O–H groups in total. The van der Waals surface area contributed by atoms with Gasteiger partial charge in [0.1, 0.15) is 5.78 Å². The van der Waals surface area contributed by atoms with Crippen LogP contribution in [-0.2, 0) is 17.6 Å². The summed E-state index contributed by atoms with van der Waals surface area (Å²) in [6.07, 6.45) is -0.0820. The van der Waals surface area contributed by atoms with Gasteiger partial charge in [-0.2, -0.15) is 0 Å². The molecule has 0 aliphatic carbocycles. The van der Waals surface area contributed by atoms with E-state index < -0.39 is 61.8 Å². The van der Waals surface area contributed by atoms with Crippen LogP contribution in [0.3, 0.4) is 0 Å². The molecule has 0 bridgehead atoms. The number of nitro groups is 2. The highest BCUT2D eigenvalue weighted by molar-refractivity contribution is 6.30. The van der Waals surface area contributed by atoms with Gasteiger partial charge in [-0.3, -0.25) is 25.0 Å². The molecular formula is C29H22Cl2N2O9. The highest BCUT2D eigenvalue weighted by Crippen LogP contribution is 2.43. The maximum absolute atomic E-state index is 14.5. The van der Waals surface area contributed by atoms with Gasteiger partial charge in [-0.15, -0.1) is 0 Å². The number of rotatable bonds is 10. The fourth-order valence-corrected chi connectivity index (χ4v) is 4.90. The molecule has 0 saturated heterocycles. The van der Waals surface area contributed by atoms with Crippen LogP contribution >= 0.6 is 23.2 Å². The van der Waals surface area contributed by atoms with Crippen LogP contribution in [0.25, 0.3) is 0 Å². The third kappa shape index (κ3) is 6.54. The number of ketones is 1. The lowest BCUT2D eigenvalue weighted by Gasteiger charge is -2.24. The van der Waals surface area contributed by atoms with E-state index in [0.29, 0.717) is 21.2 Å². The number of nitrogens with zero attached hydrogens (tertiary/aromatic N) is 2. The van der Waals surface area contributed by atoms with Crippen LogP contribution in [0.4, 0.5) is 11.4 Å². The number of phenols is 4. The molecule has 0 aliphatic rings. The Morgan fingerprint density at radius 3 is 1.29 bits per heavy atom. The number of nitro benzene ring substituents is 2. The first-order valence-electron chi connectivity index (χ1n) is 12.3. The average Bonchev–Trinajstić information content (AvgIpc) is 2.94. The molecule has 4 aromatic rings. The highest BCUT2D eigenvalue weighted by Gasteiger charge is 2.34. The predicted molar refractivity (Wildman–Crippen MR) is 154 cm³/mol. The zero-order valence-electron chi connectivity index (χ0n) is 21.5. The van der Waals surface area contributed by atoms with Crippen LogP contribution in [0.1, 0.15) is 34.1 Å². The van der Waals surface area contributed by atoms with Gasteiger partial charge in [-0.05, 0) is 71.5 Å². The first-order valence-corrected chi connectivity index (χ1v) is 13.0. The minimum Gasteiger partial charge on any atom is -0.504 e. The smallest absolute Gasteiger partial charge is 0.314 e. The first kappa shape index (κ1) is 30.1. The van der Waals surface area contributed by atoms with E-state index in [-0.39, 0.29) is 24.0 Å². The lowest BCUT2D eigenvalue weighted by Crippen LogP contribution is -2.24. The SMILES string of the molecule is O=C(C(Cc1ccc(Cl)cc1)c1cc(O)c(O)c([N+](=O)[O-])c1)C(Cc1ccc(Cl)cc1)c1cc(O)c(O)c([N+](=O)[O-])c1. The number of carbonyl (C=O) groups is 1. The van der Waals surface area contributed by atoms with Crippen molar-refractivity contribution in [2.24, 2.45) is 0 Å². The van der Waals surface area contributed by atoms with Crippen LogP contribution in [0.15, 0.2) is 72.8 Å². The molecule has 0 aliphatic heterocycles. The van der Waals surface area contributed by atoms with Crippen molar-refractivity contribution in [1.82, 2.24) is 0 Å². The minimum absolute atomic E-state index is 0.00411. The van der Waals surface area contributed by atoms with Gasteiger partial charge in [0.15, 0.2) is 11.5 Å². The third-order valence-corrected chi connectivity index (χ3v) is 7.28. The molecule has 0 fully saturated rings. The highest BCUT2D eigenvalue weighted by atomic mass is 35.5. The molecule has 0 saturated carbocycles. The Labute approximate surface area is 248 Å². The van der Waals surface area contributed by atoms with Crippen LogP contribution in [0, 0.1) is 20.2 Å². The van der Waals surface area contributed by atoms with Gasteiger partial charge in [0.2, 0.25) is 11.5 Å². The van der Waals surface area contributed by atoms with Crippen molar-refractivity contribution in [2.75, 3.05) is 0 Å². The van der Waals surface area contributed by atoms with E-state index in [2.05, 4.69) is 0 Å². The molecule has 216 valence electrons. The molecule has 42 heavy (non-hydrogen) atoms. The van der Waals surface area contributed by atoms with Crippen LogP contribution < -0.4 is 0 Å². The number of Topliss-reactive ketones (excluding diaryl/α,β-unsaturated/α-hetero) is 1. The predicted octanol–water partition coefficient (Wildman–Crippen LogP) is 6.55. The topological polar surface area (TPSA) is 184 Å². The Bertz CT molecular complexity index is 1550. The maximum Gasteiger partial charge on any atom is 0.314 e. The molecule has 0 aromatic heterocycles. The van der Waals surface area contributed by atoms with Crippen molar-refractivity contribution < 1.29 is 35.1 Å². The summed E-state index contributed by atoms with van der Waals surface area (Å²) in [4.78, 5) is 35.9. The number of halogens is 2. The van der Waals surface area contributed by atoms with Crippen LogP contribution in [-0.4, -0.2) is 36.1 Å². The van der Waals surface area contributed by atoms with E-state index in [1.54, 1.807) is 48.5 Å². The Balaban J connectivity index is 1.92. The van der Waals surface area contributed by atoms with Crippen molar-refractivity contribution >= 4 is 40.4 Å². The summed E-state index contributed by atoms with van der Waals surface area (Å²) in [6, 6.07) is 16.9. The molecule has 0 amide bonds. The molecule has 2 unspecified atom stereocenters. The minimum atomic E-state index is -1.19. The molecule has 4 aromatic carbocycles. The number of phenolic OH excluding ortho intramolecular Hbond substituents is 4. The quantitative estimate of drug-likeness (QED) is 0.0874. The van der Waals surface area contributed by atoms with Crippen molar-refractivity contribution in [3.63, 3.8) is 0 Å². The van der Waals surface area contributed by atoms with E-state index in [4.69, 9.17) is 23.2 Å². The van der Waals surface area contributed by atoms with Crippen molar-refractivity contribution in [2.45, 2.75) is 24.7 Å². The summed E-state index contributed by atoms with van der Waals surface area (Å²) in [7, 11) is 0. The van der Waals surface area contributed by atoms with E-state index in [0.717, 1.165) is 24.3 Å². The van der Waals surface area contributed by atoms with E-state index in [1.165, 1.54) is 0 Å². The van der Waals surface area contributed by atoms with Gasteiger partial charge < -0.3 is 20.4 Å². The van der Waals surface area contributed by atoms with E-state index in [1.807, 2.05) is 0 Å². The van der Waals surface area contributed by atoms with Crippen molar-refractivity contribution in [1.29, 1.82) is 0 Å². The molecule has 0 heterocycles. The van der Waals surface area contributed by atoms with Crippen molar-refractivity contribution in [3.8, 4) is 23.0 Å². The molecular weight excluding hydrogens is 591 g/mol. The number of benzene rings is 4. The van der Waals surface area contributed by atoms with Crippen LogP contribution in [0.5, 0.6) is 23.0 Å². The number of hydrogen-bond donors (Lipinski definition) is 4. The summed E-state index contributed by atoms with van der Waals surface area (Å²) in [6.45, 7) is 0. The number of aromatic hydroxyl groups is 4. The fourth-order valence-electron chi connectivity index (χ4n) is 4.65. The zero-order valence-corrected chi connectivity index (χ0v) is 23.0. The van der Waals surface area contributed by atoms with Gasteiger partial charge in [-0.25, -0.2) is 0 Å². The standard InChI is InChI=1S/C29H22Cl2N2O9/c30-19-5-1-15(2-6-19)9-21(17-11-23(32(39)40)28(37)25(34)13-17)27(36)22(10-16-3-7-20(31)8-4-16)18-12-24(33(41)42)29(38)26(35)14-18/h1-8,11-14,21-22,34-35,37-38H,9-10H2. The molecule has 0 radical (unpaired) electrons. The number of hydrogen-bond acceptors (Lipinski definition) is 9. The van der Waals surface area contributed by atoms with Crippen LogP contribution in [0.2, 0.25) is 10.0 Å². The van der Waals surface area contributed by atoms with Gasteiger partial charge in [0, 0.05) is 34.0 Å². The second kappa shape index (κ2) is 12.3. The molecule has 0 spiro atoms. The van der Waals surface area contributed by atoms with Gasteiger partial charge in [-0.1, -0.05) is 47.5 Å². The second-order valence-electron chi connectivity index (χ2n) is 9.50. The lowest BCUT2D eigenvalue weighted by molar-refractivity contribution is -0.386. The lowest BCUT2D eigenvalue weighted by atomic mass is 9.77. The molecule has 11 nitrogen and oxygen atoms in total. The normalized spacial score (nSPS) is 12.4. The van der Waals surface area contributed by atoms with Gasteiger partial charge in [0.05, 0.1) is 9.85 Å². The third-order valence-electron chi connectivity index (χ3n) is 6.78. The number of carbonyl (C=O) groups excluding carboxylic acids is 1. The molecule has 13 heteroatoms. The summed E-state index contributed by atoms with van der Waals surface area (Å²) in [5.41, 5.74) is -0.473. The second-order valence-corrected chi connectivity index (χ2v) is 10.4. The first-order chi connectivity index (χ1) is 19.8. The molecule has 4 rings (SSSR count). The summed E-state index contributed by atoms with van der Waals surface area (Å²) < 4.78 is 0. The molecule has 2 atom stereocenters. The monoisotopic (exact) mass is 612 g/mol. The average molecular weight is 613 g/mol.